The smallest absolute Gasteiger partial charge is 0.117 e. The normalized spacial score (nSPS) is 24.4. The third-order valence-electron chi connectivity index (χ3n) is 3.06. The molecular weight excluding hydrogens is 148 g/mol. The molecule has 0 aromatic carbocycles. The quantitative estimate of drug-likeness (QED) is 0.623. The predicted octanol–water partition coefficient (Wildman–Crippen LogP) is 2.20. The third-order valence-corrected chi connectivity index (χ3v) is 3.06. The second-order valence-corrected chi connectivity index (χ2v) is 3.87. The van der Waals surface area contributed by atoms with Crippen LogP contribution in [0.3, 0.4) is 0 Å². The van der Waals surface area contributed by atoms with Crippen LogP contribution in [0.2, 0.25) is 0 Å². The average molecular weight is 166 g/mol. The number of terminal acetylenes is 1. The highest BCUT2D eigenvalue weighted by molar-refractivity contribution is 4.97. The zero-order valence-electron chi connectivity index (χ0n) is 7.79. The van der Waals surface area contributed by atoms with Crippen molar-refractivity contribution in [3.05, 3.63) is 0 Å². The Morgan fingerprint density at radius 1 is 1.33 bits per heavy atom. The maximum atomic E-state index is 9.44. The molecule has 12 heavy (non-hydrogen) atoms. The van der Waals surface area contributed by atoms with Crippen LogP contribution in [-0.2, 0) is 0 Å². The van der Waals surface area contributed by atoms with Gasteiger partial charge < -0.3 is 5.11 Å². The fourth-order valence-electron chi connectivity index (χ4n) is 2.07. The van der Waals surface area contributed by atoms with E-state index in [1.54, 1.807) is 0 Å². The minimum Gasteiger partial charge on any atom is -0.380 e. The Labute approximate surface area is 75.2 Å². The molecule has 0 aromatic rings. The predicted molar refractivity (Wildman–Crippen MR) is 50.6 cm³/mol. The molecule has 0 amide bonds. The van der Waals surface area contributed by atoms with Gasteiger partial charge in [-0.25, -0.2) is 0 Å². The summed E-state index contributed by atoms with van der Waals surface area (Å²) in [6, 6.07) is 0. The van der Waals surface area contributed by atoms with Gasteiger partial charge in [0.05, 0.1) is 0 Å². The van der Waals surface area contributed by atoms with E-state index in [9.17, 15) is 5.11 Å². The number of hydrogen-bond donors (Lipinski definition) is 1. The summed E-state index contributed by atoms with van der Waals surface area (Å²) in [6.07, 6.45) is 11.1. The standard InChI is InChI=1S/C11H18O/c1-3-11(12)9(2)10-7-5-4-6-8-10/h1,9-12H,4-8H2,2H3. The van der Waals surface area contributed by atoms with Crippen LogP contribution in [0, 0.1) is 24.2 Å². The van der Waals surface area contributed by atoms with Gasteiger partial charge in [0.1, 0.15) is 6.10 Å². The minimum absolute atomic E-state index is 0.287. The molecule has 0 radical (unpaired) electrons. The van der Waals surface area contributed by atoms with Crippen molar-refractivity contribution in [1.29, 1.82) is 0 Å². The molecule has 2 unspecified atom stereocenters. The SMILES string of the molecule is C#CC(O)C(C)C1CCCCC1. The third kappa shape index (κ3) is 2.25. The summed E-state index contributed by atoms with van der Waals surface area (Å²) in [7, 11) is 0. The zero-order chi connectivity index (χ0) is 8.97. The lowest BCUT2D eigenvalue weighted by molar-refractivity contribution is 0.112. The molecule has 1 N–H and O–H groups in total. The van der Waals surface area contributed by atoms with Crippen LogP contribution in [0.25, 0.3) is 0 Å². The van der Waals surface area contributed by atoms with Crippen molar-refractivity contribution in [3.63, 3.8) is 0 Å². The Kier molecular flexibility index (Phi) is 3.62. The van der Waals surface area contributed by atoms with E-state index in [1.165, 1.54) is 32.1 Å². The summed E-state index contributed by atoms with van der Waals surface area (Å²) in [6.45, 7) is 2.07. The maximum Gasteiger partial charge on any atom is 0.117 e. The van der Waals surface area contributed by atoms with Gasteiger partial charge in [0.15, 0.2) is 0 Å². The van der Waals surface area contributed by atoms with E-state index in [0.29, 0.717) is 5.92 Å². The summed E-state index contributed by atoms with van der Waals surface area (Å²) in [5.41, 5.74) is 0. The number of aliphatic hydroxyl groups is 1. The van der Waals surface area contributed by atoms with Gasteiger partial charge in [-0.05, 0) is 11.8 Å². The summed E-state index contributed by atoms with van der Waals surface area (Å²) in [5, 5.41) is 9.44. The van der Waals surface area contributed by atoms with E-state index in [1.807, 2.05) is 0 Å². The Bertz CT molecular complexity index is 162. The maximum absolute atomic E-state index is 9.44. The van der Waals surface area contributed by atoms with Crippen LogP contribution in [0.5, 0.6) is 0 Å². The Morgan fingerprint density at radius 2 is 1.92 bits per heavy atom. The van der Waals surface area contributed by atoms with Gasteiger partial charge in [0.25, 0.3) is 0 Å². The van der Waals surface area contributed by atoms with Gasteiger partial charge in [-0.15, -0.1) is 6.42 Å². The largest absolute Gasteiger partial charge is 0.380 e. The molecule has 0 aromatic heterocycles. The van der Waals surface area contributed by atoms with E-state index in [2.05, 4.69) is 12.8 Å². The number of rotatable bonds is 2. The van der Waals surface area contributed by atoms with Crippen LogP contribution in [-0.4, -0.2) is 11.2 Å². The van der Waals surface area contributed by atoms with Gasteiger partial charge >= 0.3 is 0 Å². The van der Waals surface area contributed by atoms with E-state index >= 15 is 0 Å². The number of aliphatic hydroxyl groups excluding tert-OH is 1. The molecule has 0 saturated heterocycles. The molecule has 0 bridgehead atoms. The monoisotopic (exact) mass is 166 g/mol. The molecule has 1 heteroatoms. The van der Waals surface area contributed by atoms with Crippen molar-refractivity contribution in [2.75, 3.05) is 0 Å². The van der Waals surface area contributed by atoms with Gasteiger partial charge in [0.2, 0.25) is 0 Å². The average Bonchev–Trinajstić information content (AvgIpc) is 2.17. The molecule has 0 aliphatic heterocycles. The second kappa shape index (κ2) is 4.52. The van der Waals surface area contributed by atoms with Crippen LogP contribution < -0.4 is 0 Å². The highest BCUT2D eigenvalue weighted by Gasteiger charge is 2.24. The van der Waals surface area contributed by atoms with Crippen molar-refractivity contribution in [1.82, 2.24) is 0 Å². The fraction of sp³-hybridized carbons (Fsp3) is 0.818. The van der Waals surface area contributed by atoms with E-state index in [4.69, 9.17) is 6.42 Å². The molecule has 0 heterocycles. The molecule has 68 valence electrons. The van der Waals surface area contributed by atoms with E-state index < -0.39 is 6.10 Å². The molecule has 1 rings (SSSR count). The molecule has 1 saturated carbocycles. The summed E-state index contributed by atoms with van der Waals surface area (Å²) >= 11 is 0. The van der Waals surface area contributed by atoms with Crippen LogP contribution in [0.4, 0.5) is 0 Å². The highest BCUT2D eigenvalue weighted by Crippen LogP contribution is 2.31. The van der Waals surface area contributed by atoms with Crippen LogP contribution >= 0.6 is 0 Å². The summed E-state index contributed by atoms with van der Waals surface area (Å²) in [4.78, 5) is 0. The van der Waals surface area contributed by atoms with Crippen LogP contribution in [0.15, 0.2) is 0 Å². The van der Waals surface area contributed by atoms with E-state index in [-0.39, 0.29) is 5.92 Å². The molecule has 2 atom stereocenters. The first-order valence-corrected chi connectivity index (χ1v) is 4.90. The zero-order valence-corrected chi connectivity index (χ0v) is 7.79. The number of hydrogen-bond acceptors (Lipinski definition) is 1. The Hall–Kier alpha value is -0.480. The minimum atomic E-state index is -0.534. The fourth-order valence-corrected chi connectivity index (χ4v) is 2.07. The lowest BCUT2D eigenvalue weighted by Gasteiger charge is -2.28. The summed E-state index contributed by atoms with van der Waals surface area (Å²) < 4.78 is 0. The molecule has 1 nitrogen and oxygen atoms in total. The van der Waals surface area contributed by atoms with Crippen molar-refractivity contribution >= 4 is 0 Å². The lowest BCUT2D eigenvalue weighted by atomic mass is 9.78. The first kappa shape index (κ1) is 9.61. The van der Waals surface area contributed by atoms with Crippen LogP contribution in [0.1, 0.15) is 39.0 Å². The van der Waals surface area contributed by atoms with Crippen molar-refractivity contribution in [2.24, 2.45) is 11.8 Å². The van der Waals surface area contributed by atoms with E-state index in [0.717, 1.165) is 0 Å². The van der Waals surface area contributed by atoms with Crippen molar-refractivity contribution in [2.45, 2.75) is 45.1 Å². The van der Waals surface area contributed by atoms with Crippen molar-refractivity contribution in [3.8, 4) is 12.3 Å². The van der Waals surface area contributed by atoms with Gasteiger partial charge in [0, 0.05) is 0 Å². The summed E-state index contributed by atoms with van der Waals surface area (Å²) in [5.74, 6) is 3.36. The second-order valence-electron chi connectivity index (χ2n) is 3.87. The first-order chi connectivity index (χ1) is 5.75. The van der Waals surface area contributed by atoms with Gasteiger partial charge in [-0.1, -0.05) is 44.9 Å². The lowest BCUT2D eigenvalue weighted by Crippen LogP contribution is -2.25. The Morgan fingerprint density at radius 3 is 2.42 bits per heavy atom. The molecular formula is C11H18O. The Balaban J connectivity index is 2.40. The highest BCUT2D eigenvalue weighted by atomic mass is 16.3. The molecule has 0 spiro atoms. The topological polar surface area (TPSA) is 20.2 Å². The molecule has 1 aliphatic rings. The van der Waals surface area contributed by atoms with Gasteiger partial charge in [-0.2, -0.15) is 0 Å². The van der Waals surface area contributed by atoms with Crippen molar-refractivity contribution < 1.29 is 5.11 Å². The van der Waals surface area contributed by atoms with Gasteiger partial charge in [-0.3, -0.25) is 0 Å². The molecule has 1 aliphatic carbocycles. The molecule has 1 fully saturated rings. The first-order valence-electron chi connectivity index (χ1n) is 4.90.